The normalized spacial score (nSPS) is 20.1. The van der Waals surface area contributed by atoms with Gasteiger partial charge in [0, 0.05) is 11.5 Å². The monoisotopic (exact) mass is 271 g/mol. The molecule has 0 spiro atoms. The van der Waals surface area contributed by atoms with Gasteiger partial charge in [0.2, 0.25) is 0 Å². The van der Waals surface area contributed by atoms with Crippen LogP contribution in [0.25, 0.3) is 11.5 Å². The molecular formula is C16H21N3O. The maximum absolute atomic E-state index is 5.48. The SMILES string of the molecule is CNCCc1ccccc1-c1nc(C2CC2(C)C)no1. The highest BCUT2D eigenvalue weighted by atomic mass is 16.5. The van der Waals surface area contributed by atoms with E-state index < -0.39 is 0 Å². The molecule has 0 aliphatic heterocycles. The predicted molar refractivity (Wildman–Crippen MR) is 78.5 cm³/mol. The molecule has 3 rings (SSSR count). The minimum Gasteiger partial charge on any atom is -0.334 e. The zero-order valence-corrected chi connectivity index (χ0v) is 12.3. The Hall–Kier alpha value is -1.68. The van der Waals surface area contributed by atoms with Crippen LogP contribution in [0.2, 0.25) is 0 Å². The summed E-state index contributed by atoms with van der Waals surface area (Å²) in [5.74, 6) is 1.95. The molecule has 2 aromatic rings. The number of likely N-dealkylation sites (N-methyl/N-ethyl adjacent to an activating group) is 1. The fourth-order valence-corrected chi connectivity index (χ4v) is 2.60. The number of rotatable bonds is 5. The topological polar surface area (TPSA) is 51.0 Å². The highest BCUT2D eigenvalue weighted by Crippen LogP contribution is 2.57. The zero-order valence-electron chi connectivity index (χ0n) is 12.3. The number of hydrogen-bond donors (Lipinski definition) is 1. The van der Waals surface area contributed by atoms with Crippen molar-refractivity contribution in [2.24, 2.45) is 5.41 Å². The van der Waals surface area contributed by atoms with E-state index in [1.807, 2.05) is 13.1 Å². The summed E-state index contributed by atoms with van der Waals surface area (Å²) in [5.41, 5.74) is 2.62. The van der Waals surface area contributed by atoms with E-state index in [0.29, 0.717) is 17.2 Å². The molecule has 0 radical (unpaired) electrons. The molecule has 1 N–H and O–H groups in total. The summed E-state index contributed by atoms with van der Waals surface area (Å²) in [4.78, 5) is 4.61. The van der Waals surface area contributed by atoms with Gasteiger partial charge in [0.25, 0.3) is 5.89 Å². The first-order valence-electron chi connectivity index (χ1n) is 7.18. The van der Waals surface area contributed by atoms with E-state index >= 15 is 0 Å². The number of benzene rings is 1. The molecule has 4 heteroatoms. The third kappa shape index (κ3) is 2.48. The Bertz CT molecular complexity index is 603. The van der Waals surface area contributed by atoms with Gasteiger partial charge in [0.15, 0.2) is 5.82 Å². The number of nitrogens with one attached hydrogen (secondary N) is 1. The van der Waals surface area contributed by atoms with Gasteiger partial charge in [-0.1, -0.05) is 37.2 Å². The summed E-state index contributed by atoms with van der Waals surface area (Å²) in [6, 6.07) is 8.25. The first kappa shape index (κ1) is 13.3. The minimum atomic E-state index is 0.326. The molecule has 106 valence electrons. The molecule has 1 aliphatic rings. The zero-order chi connectivity index (χ0) is 14.2. The van der Waals surface area contributed by atoms with Crippen molar-refractivity contribution < 1.29 is 4.52 Å². The van der Waals surface area contributed by atoms with Crippen molar-refractivity contribution in [1.82, 2.24) is 15.5 Å². The van der Waals surface area contributed by atoms with E-state index in [-0.39, 0.29) is 0 Å². The molecule has 1 aliphatic carbocycles. The Morgan fingerprint density at radius 3 is 2.80 bits per heavy atom. The van der Waals surface area contributed by atoms with Gasteiger partial charge >= 0.3 is 0 Å². The Labute approximate surface area is 119 Å². The number of aromatic nitrogens is 2. The fraction of sp³-hybridized carbons (Fsp3) is 0.500. The molecule has 20 heavy (non-hydrogen) atoms. The highest BCUT2D eigenvalue weighted by Gasteiger charge is 2.49. The second-order valence-corrected chi connectivity index (χ2v) is 6.21. The summed E-state index contributed by atoms with van der Waals surface area (Å²) in [5, 5.41) is 7.34. The number of hydrogen-bond acceptors (Lipinski definition) is 4. The van der Waals surface area contributed by atoms with E-state index in [9.17, 15) is 0 Å². The molecular weight excluding hydrogens is 250 g/mol. The molecule has 1 saturated carbocycles. The molecule has 1 atom stereocenters. The van der Waals surface area contributed by atoms with Crippen molar-refractivity contribution in [2.45, 2.75) is 32.6 Å². The summed E-state index contributed by atoms with van der Waals surface area (Å²) >= 11 is 0. The lowest BCUT2D eigenvalue weighted by molar-refractivity contribution is 0.419. The average Bonchev–Trinajstić information content (AvgIpc) is 2.89. The lowest BCUT2D eigenvalue weighted by Crippen LogP contribution is -2.10. The van der Waals surface area contributed by atoms with Crippen molar-refractivity contribution in [3.05, 3.63) is 35.7 Å². The van der Waals surface area contributed by atoms with Crippen LogP contribution in [0.1, 0.15) is 37.6 Å². The Balaban J connectivity index is 1.86. The first-order chi connectivity index (χ1) is 9.62. The van der Waals surface area contributed by atoms with Crippen molar-refractivity contribution >= 4 is 0 Å². The molecule has 1 aromatic carbocycles. The van der Waals surface area contributed by atoms with E-state index in [1.165, 1.54) is 5.56 Å². The van der Waals surface area contributed by atoms with Gasteiger partial charge in [-0.2, -0.15) is 4.98 Å². The maximum atomic E-state index is 5.48. The van der Waals surface area contributed by atoms with Crippen LogP contribution in [-0.2, 0) is 6.42 Å². The molecule has 1 unspecified atom stereocenters. The molecule has 0 bridgehead atoms. The van der Waals surface area contributed by atoms with Gasteiger partial charge in [0.1, 0.15) is 0 Å². The third-order valence-corrected chi connectivity index (χ3v) is 4.16. The molecule has 0 amide bonds. The summed E-state index contributed by atoms with van der Waals surface area (Å²) in [6.45, 7) is 5.43. The fourth-order valence-electron chi connectivity index (χ4n) is 2.60. The van der Waals surface area contributed by atoms with Gasteiger partial charge < -0.3 is 9.84 Å². The van der Waals surface area contributed by atoms with Crippen LogP contribution in [0.3, 0.4) is 0 Å². The van der Waals surface area contributed by atoms with Crippen LogP contribution in [0.5, 0.6) is 0 Å². The van der Waals surface area contributed by atoms with Crippen molar-refractivity contribution in [2.75, 3.05) is 13.6 Å². The molecule has 1 heterocycles. The molecule has 4 nitrogen and oxygen atoms in total. The van der Waals surface area contributed by atoms with Crippen LogP contribution in [-0.4, -0.2) is 23.7 Å². The standard InChI is InChI=1S/C16H21N3O/c1-16(2)10-13(16)14-18-15(20-19-14)12-7-5-4-6-11(12)8-9-17-3/h4-7,13,17H,8-10H2,1-3H3. The van der Waals surface area contributed by atoms with Crippen LogP contribution in [0.15, 0.2) is 28.8 Å². The molecule has 1 fully saturated rings. The van der Waals surface area contributed by atoms with Gasteiger partial charge in [0.05, 0.1) is 0 Å². The lowest BCUT2D eigenvalue weighted by atomic mass is 10.0. The second-order valence-electron chi connectivity index (χ2n) is 6.21. The molecule has 0 saturated heterocycles. The van der Waals surface area contributed by atoms with Gasteiger partial charge in [-0.15, -0.1) is 0 Å². The van der Waals surface area contributed by atoms with Gasteiger partial charge in [-0.05, 0) is 43.5 Å². The Morgan fingerprint density at radius 1 is 1.35 bits per heavy atom. The lowest BCUT2D eigenvalue weighted by Gasteiger charge is -2.05. The number of nitrogens with zero attached hydrogens (tertiary/aromatic N) is 2. The summed E-state index contributed by atoms with van der Waals surface area (Å²) in [6.07, 6.45) is 2.10. The van der Waals surface area contributed by atoms with Crippen molar-refractivity contribution in [3.63, 3.8) is 0 Å². The van der Waals surface area contributed by atoms with Crippen molar-refractivity contribution in [3.8, 4) is 11.5 Å². The van der Waals surface area contributed by atoms with Gasteiger partial charge in [-0.25, -0.2) is 0 Å². The Morgan fingerprint density at radius 2 is 2.10 bits per heavy atom. The minimum absolute atomic E-state index is 0.326. The maximum Gasteiger partial charge on any atom is 0.258 e. The summed E-state index contributed by atoms with van der Waals surface area (Å²) < 4.78 is 5.48. The smallest absolute Gasteiger partial charge is 0.258 e. The molecule has 1 aromatic heterocycles. The van der Waals surface area contributed by atoms with E-state index in [1.54, 1.807) is 0 Å². The average molecular weight is 271 g/mol. The predicted octanol–water partition coefficient (Wildman–Crippen LogP) is 3.01. The van der Waals surface area contributed by atoms with Crippen LogP contribution < -0.4 is 5.32 Å². The quantitative estimate of drug-likeness (QED) is 0.908. The van der Waals surface area contributed by atoms with Crippen molar-refractivity contribution in [1.29, 1.82) is 0 Å². The second kappa shape index (κ2) is 5.02. The largest absolute Gasteiger partial charge is 0.334 e. The third-order valence-electron chi connectivity index (χ3n) is 4.16. The Kier molecular flexibility index (Phi) is 3.34. The van der Waals surface area contributed by atoms with E-state index in [4.69, 9.17) is 4.52 Å². The first-order valence-corrected chi connectivity index (χ1v) is 7.18. The van der Waals surface area contributed by atoms with E-state index in [0.717, 1.165) is 30.8 Å². The van der Waals surface area contributed by atoms with Crippen LogP contribution in [0, 0.1) is 5.41 Å². The summed E-state index contributed by atoms with van der Waals surface area (Å²) in [7, 11) is 1.96. The van der Waals surface area contributed by atoms with Crippen LogP contribution in [0.4, 0.5) is 0 Å². The highest BCUT2D eigenvalue weighted by molar-refractivity contribution is 5.58. The van der Waals surface area contributed by atoms with E-state index in [2.05, 4.69) is 47.5 Å². The van der Waals surface area contributed by atoms with Crippen LogP contribution >= 0.6 is 0 Å². The van der Waals surface area contributed by atoms with Gasteiger partial charge in [-0.3, -0.25) is 0 Å².